The van der Waals surface area contributed by atoms with E-state index in [2.05, 4.69) is 0 Å². The van der Waals surface area contributed by atoms with E-state index in [0.717, 1.165) is 28.9 Å². The molecule has 2 aromatic rings. The van der Waals surface area contributed by atoms with Crippen molar-refractivity contribution < 1.29 is 14.3 Å². The van der Waals surface area contributed by atoms with Gasteiger partial charge in [0.2, 0.25) is 0 Å². The molecule has 0 N–H and O–H groups in total. The second kappa shape index (κ2) is 7.51. The maximum atomic E-state index is 12.2. The van der Waals surface area contributed by atoms with E-state index in [1.165, 1.54) is 4.90 Å². The zero-order valence-electron chi connectivity index (χ0n) is 13.5. The highest BCUT2D eigenvalue weighted by Crippen LogP contribution is 2.25. The quantitative estimate of drug-likeness (QED) is 0.826. The smallest absolute Gasteiger partial charge is 0.418 e. The first-order valence-electron chi connectivity index (χ1n) is 7.77. The Balaban J connectivity index is 1.66. The summed E-state index contributed by atoms with van der Waals surface area (Å²) in [7, 11) is 1.64. The van der Waals surface area contributed by atoms with Crippen molar-refractivity contribution >= 4 is 11.7 Å². The first-order valence-corrected chi connectivity index (χ1v) is 7.77. The van der Waals surface area contributed by atoms with E-state index >= 15 is 0 Å². The number of hydrogen-bond donors (Lipinski definition) is 0. The van der Waals surface area contributed by atoms with Crippen LogP contribution in [0.1, 0.15) is 17.5 Å². The molecule has 3 rings (SSSR count). The molecule has 2 aromatic carbocycles. The van der Waals surface area contributed by atoms with Gasteiger partial charge in [0, 0.05) is 12.4 Å². The van der Waals surface area contributed by atoms with Crippen LogP contribution < -0.4 is 4.74 Å². The number of allylic oxidation sites excluding steroid dienone is 2. The lowest BCUT2D eigenvalue weighted by Gasteiger charge is -2.20. The Bertz CT molecular complexity index is 748. The average Bonchev–Trinajstić information content (AvgIpc) is 2.67. The Kier molecular flexibility index (Phi) is 4.96. The minimum absolute atomic E-state index is 0.260. The summed E-state index contributed by atoms with van der Waals surface area (Å²) in [5.74, 6) is 0.810. The molecule has 4 heteroatoms. The molecule has 0 fully saturated rings. The molecule has 0 radical (unpaired) electrons. The fourth-order valence-corrected chi connectivity index (χ4v) is 2.46. The van der Waals surface area contributed by atoms with E-state index in [-0.39, 0.29) is 12.7 Å². The van der Waals surface area contributed by atoms with Gasteiger partial charge < -0.3 is 9.47 Å². The number of benzene rings is 2. The van der Waals surface area contributed by atoms with E-state index in [4.69, 9.17) is 9.47 Å². The van der Waals surface area contributed by atoms with E-state index in [0.29, 0.717) is 0 Å². The van der Waals surface area contributed by atoms with Crippen LogP contribution in [0.15, 0.2) is 73.1 Å². The van der Waals surface area contributed by atoms with Crippen LogP contribution >= 0.6 is 0 Å². The van der Waals surface area contributed by atoms with Gasteiger partial charge in [0.1, 0.15) is 12.4 Å². The summed E-state index contributed by atoms with van der Waals surface area (Å²) in [6, 6.07) is 17.4. The molecule has 1 aliphatic heterocycles. The van der Waals surface area contributed by atoms with Crippen LogP contribution in [0.3, 0.4) is 0 Å². The summed E-state index contributed by atoms with van der Waals surface area (Å²) in [6.45, 7) is 0.260. The highest BCUT2D eigenvalue weighted by molar-refractivity contribution is 5.76. The molecule has 24 heavy (non-hydrogen) atoms. The van der Waals surface area contributed by atoms with Crippen molar-refractivity contribution in [3.8, 4) is 5.75 Å². The van der Waals surface area contributed by atoms with Crippen molar-refractivity contribution in [1.82, 2.24) is 4.90 Å². The van der Waals surface area contributed by atoms with Crippen molar-refractivity contribution in [2.75, 3.05) is 7.11 Å². The molecular formula is C20H19NO3. The van der Waals surface area contributed by atoms with Crippen molar-refractivity contribution in [2.45, 2.75) is 13.0 Å². The maximum Gasteiger partial charge on any atom is 0.418 e. The second-order valence-electron chi connectivity index (χ2n) is 5.42. The van der Waals surface area contributed by atoms with Crippen molar-refractivity contribution in [1.29, 1.82) is 0 Å². The predicted molar refractivity (Wildman–Crippen MR) is 93.2 cm³/mol. The lowest BCUT2D eigenvalue weighted by atomic mass is 10.0. The van der Waals surface area contributed by atoms with Crippen LogP contribution in [0, 0.1) is 0 Å². The van der Waals surface area contributed by atoms with Crippen LogP contribution in [-0.2, 0) is 11.3 Å². The molecule has 0 aliphatic carbocycles. The maximum absolute atomic E-state index is 12.2. The van der Waals surface area contributed by atoms with Gasteiger partial charge in [0.25, 0.3) is 0 Å². The van der Waals surface area contributed by atoms with Crippen molar-refractivity contribution in [3.63, 3.8) is 0 Å². The molecule has 0 spiro atoms. The normalized spacial score (nSPS) is 13.4. The molecular weight excluding hydrogens is 302 g/mol. The van der Waals surface area contributed by atoms with Crippen molar-refractivity contribution in [3.05, 3.63) is 84.2 Å². The molecule has 0 aromatic heterocycles. The van der Waals surface area contributed by atoms with Crippen LogP contribution in [0.2, 0.25) is 0 Å². The van der Waals surface area contributed by atoms with Gasteiger partial charge in [-0.15, -0.1) is 0 Å². The molecule has 122 valence electrons. The number of carbonyl (C=O) groups is 1. The van der Waals surface area contributed by atoms with Gasteiger partial charge in [-0.2, -0.15) is 0 Å². The van der Waals surface area contributed by atoms with E-state index in [1.54, 1.807) is 13.3 Å². The summed E-state index contributed by atoms with van der Waals surface area (Å²) < 4.78 is 10.5. The fourth-order valence-electron chi connectivity index (χ4n) is 2.46. The van der Waals surface area contributed by atoms with Gasteiger partial charge in [0.15, 0.2) is 0 Å². The zero-order valence-corrected chi connectivity index (χ0v) is 13.5. The third kappa shape index (κ3) is 3.84. The highest BCUT2D eigenvalue weighted by Gasteiger charge is 2.15. The molecule has 4 nitrogen and oxygen atoms in total. The molecule has 1 aliphatic rings. The van der Waals surface area contributed by atoms with E-state index in [1.807, 2.05) is 66.9 Å². The Hall–Kier alpha value is -3.01. The van der Waals surface area contributed by atoms with Crippen LogP contribution in [0.5, 0.6) is 5.75 Å². The Morgan fingerprint density at radius 2 is 1.83 bits per heavy atom. The van der Waals surface area contributed by atoms with Gasteiger partial charge in [-0.25, -0.2) is 4.79 Å². The van der Waals surface area contributed by atoms with Gasteiger partial charge in [0.05, 0.1) is 7.11 Å². The standard InChI is InChI=1S/C20H19NO3/c1-23-19-11-9-17(10-12-19)18-8-5-13-21(14-18)20(22)24-15-16-6-3-2-4-7-16/h2-7,9-14H,8,15H2,1H3. The second-order valence-corrected chi connectivity index (χ2v) is 5.42. The topological polar surface area (TPSA) is 38.8 Å². The molecule has 0 saturated heterocycles. The zero-order chi connectivity index (χ0) is 16.8. The van der Waals surface area contributed by atoms with E-state index in [9.17, 15) is 4.79 Å². The Morgan fingerprint density at radius 1 is 1.08 bits per heavy atom. The number of nitrogens with zero attached hydrogens (tertiary/aromatic N) is 1. The van der Waals surface area contributed by atoms with E-state index < -0.39 is 0 Å². The summed E-state index contributed by atoms with van der Waals surface area (Å²) in [4.78, 5) is 13.7. The molecule has 0 saturated carbocycles. The largest absolute Gasteiger partial charge is 0.497 e. The number of carbonyl (C=O) groups excluding carboxylic acids is 1. The van der Waals surface area contributed by atoms with Gasteiger partial charge in [-0.1, -0.05) is 48.5 Å². The third-order valence-electron chi connectivity index (χ3n) is 3.78. The molecule has 0 atom stereocenters. The number of ether oxygens (including phenoxy) is 2. The highest BCUT2D eigenvalue weighted by atomic mass is 16.6. The first kappa shape index (κ1) is 15.9. The molecule has 0 unspecified atom stereocenters. The molecule has 1 heterocycles. The lowest BCUT2D eigenvalue weighted by Crippen LogP contribution is -2.23. The summed E-state index contributed by atoms with van der Waals surface area (Å²) >= 11 is 0. The molecule has 0 bridgehead atoms. The Morgan fingerprint density at radius 3 is 2.54 bits per heavy atom. The number of amides is 1. The average molecular weight is 321 g/mol. The fraction of sp³-hybridized carbons (Fsp3) is 0.150. The summed E-state index contributed by atoms with van der Waals surface area (Å²) in [5, 5.41) is 0. The van der Waals surface area contributed by atoms with Crippen LogP contribution in [-0.4, -0.2) is 18.1 Å². The monoisotopic (exact) mass is 321 g/mol. The van der Waals surface area contributed by atoms with Gasteiger partial charge >= 0.3 is 6.09 Å². The van der Waals surface area contributed by atoms with Gasteiger partial charge in [-0.05, 0) is 35.3 Å². The van der Waals surface area contributed by atoms with Crippen LogP contribution in [0.25, 0.3) is 5.57 Å². The number of methoxy groups -OCH3 is 1. The SMILES string of the molecule is COc1ccc(C2=CN(C(=O)OCc3ccccc3)C=CC2)cc1. The lowest BCUT2D eigenvalue weighted by molar-refractivity contribution is 0.121. The first-order chi connectivity index (χ1) is 11.8. The third-order valence-corrected chi connectivity index (χ3v) is 3.78. The number of hydrogen-bond acceptors (Lipinski definition) is 3. The predicted octanol–water partition coefficient (Wildman–Crippen LogP) is 4.59. The Labute approximate surface area is 141 Å². The van der Waals surface area contributed by atoms with Gasteiger partial charge in [-0.3, -0.25) is 4.90 Å². The molecule has 1 amide bonds. The number of rotatable bonds is 4. The van der Waals surface area contributed by atoms with Crippen molar-refractivity contribution in [2.24, 2.45) is 0 Å². The minimum Gasteiger partial charge on any atom is -0.497 e. The minimum atomic E-state index is -0.388. The van der Waals surface area contributed by atoms with Crippen LogP contribution in [0.4, 0.5) is 4.79 Å². The summed E-state index contributed by atoms with van der Waals surface area (Å²) in [6.07, 6.45) is 5.88. The summed E-state index contributed by atoms with van der Waals surface area (Å²) in [5.41, 5.74) is 3.07.